The summed E-state index contributed by atoms with van der Waals surface area (Å²) in [5.74, 6) is 0.971. The molecule has 17 heavy (non-hydrogen) atoms. The second kappa shape index (κ2) is 2.99. The van der Waals surface area contributed by atoms with Crippen molar-refractivity contribution in [3.8, 4) is 0 Å². The SMILES string of the molecule is O[C@]1(c2ccccc2)c2ccccc2[C@@H]2C[C@@H]21. The lowest BCUT2D eigenvalue weighted by atomic mass is 9.84. The van der Waals surface area contributed by atoms with Crippen LogP contribution in [-0.4, -0.2) is 5.11 Å². The molecule has 1 N–H and O–H groups in total. The van der Waals surface area contributed by atoms with Gasteiger partial charge in [-0.05, 0) is 29.0 Å². The summed E-state index contributed by atoms with van der Waals surface area (Å²) >= 11 is 0. The molecule has 0 bridgehead atoms. The normalized spacial score (nSPS) is 33.0. The molecule has 1 fully saturated rings. The van der Waals surface area contributed by atoms with Crippen LogP contribution in [0.15, 0.2) is 54.6 Å². The van der Waals surface area contributed by atoms with Crippen LogP contribution >= 0.6 is 0 Å². The average Bonchev–Trinajstić information content (AvgIpc) is 3.15. The first kappa shape index (κ1) is 9.43. The monoisotopic (exact) mass is 222 g/mol. The smallest absolute Gasteiger partial charge is 0.118 e. The maximum absolute atomic E-state index is 11.1. The lowest BCUT2D eigenvalue weighted by Gasteiger charge is -2.27. The predicted molar refractivity (Wildman–Crippen MR) is 66.7 cm³/mol. The van der Waals surface area contributed by atoms with Crippen LogP contribution in [0.3, 0.4) is 0 Å². The van der Waals surface area contributed by atoms with Crippen LogP contribution in [0.1, 0.15) is 29.0 Å². The van der Waals surface area contributed by atoms with Crippen molar-refractivity contribution >= 4 is 0 Å². The Morgan fingerprint density at radius 2 is 1.65 bits per heavy atom. The summed E-state index contributed by atoms with van der Waals surface area (Å²) in [5, 5.41) is 11.1. The zero-order chi connectivity index (χ0) is 11.5. The molecule has 1 heteroatoms. The molecule has 84 valence electrons. The fourth-order valence-corrected chi connectivity index (χ4v) is 3.43. The Balaban J connectivity index is 1.96. The van der Waals surface area contributed by atoms with Gasteiger partial charge < -0.3 is 5.11 Å². The topological polar surface area (TPSA) is 20.2 Å². The molecule has 0 aliphatic heterocycles. The molecular weight excluding hydrogens is 208 g/mol. The van der Waals surface area contributed by atoms with Gasteiger partial charge in [0.05, 0.1) is 0 Å². The van der Waals surface area contributed by atoms with E-state index >= 15 is 0 Å². The van der Waals surface area contributed by atoms with Gasteiger partial charge >= 0.3 is 0 Å². The third-order valence-corrected chi connectivity index (χ3v) is 4.31. The summed E-state index contributed by atoms with van der Waals surface area (Å²) in [4.78, 5) is 0. The van der Waals surface area contributed by atoms with E-state index in [1.54, 1.807) is 0 Å². The van der Waals surface area contributed by atoms with Gasteiger partial charge in [0.15, 0.2) is 0 Å². The molecule has 0 radical (unpaired) electrons. The van der Waals surface area contributed by atoms with Gasteiger partial charge in [-0.3, -0.25) is 0 Å². The van der Waals surface area contributed by atoms with Crippen molar-refractivity contribution < 1.29 is 5.11 Å². The zero-order valence-electron chi connectivity index (χ0n) is 9.51. The number of fused-ring (bicyclic) bond motifs is 3. The zero-order valence-corrected chi connectivity index (χ0v) is 9.51. The molecule has 2 aliphatic rings. The van der Waals surface area contributed by atoms with Crippen molar-refractivity contribution in [2.45, 2.75) is 17.9 Å². The lowest BCUT2D eigenvalue weighted by molar-refractivity contribution is 0.0626. The van der Waals surface area contributed by atoms with E-state index in [1.165, 1.54) is 5.56 Å². The Morgan fingerprint density at radius 3 is 2.47 bits per heavy atom. The van der Waals surface area contributed by atoms with Gasteiger partial charge in [-0.15, -0.1) is 0 Å². The number of benzene rings is 2. The van der Waals surface area contributed by atoms with Crippen LogP contribution in [0.2, 0.25) is 0 Å². The van der Waals surface area contributed by atoms with Crippen LogP contribution in [0, 0.1) is 5.92 Å². The van der Waals surface area contributed by atoms with Crippen molar-refractivity contribution in [2.75, 3.05) is 0 Å². The van der Waals surface area contributed by atoms with Crippen LogP contribution in [0.4, 0.5) is 0 Å². The number of hydrogen-bond donors (Lipinski definition) is 1. The molecule has 0 heterocycles. The molecule has 0 amide bonds. The summed E-state index contributed by atoms with van der Waals surface area (Å²) in [5.41, 5.74) is 2.76. The largest absolute Gasteiger partial charge is 0.380 e. The molecule has 2 aliphatic carbocycles. The van der Waals surface area contributed by atoms with E-state index in [0.29, 0.717) is 11.8 Å². The third kappa shape index (κ3) is 1.07. The number of hydrogen-bond acceptors (Lipinski definition) is 1. The first-order valence-electron chi connectivity index (χ1n) is 6.19. The lowest BCUT2D eigenvalue weighted by Crippen LogP contribution is -2.27. The van der Waals surface area contributed by atoms with Crippen molar-refractivity contribution in [2.24, 2.45) is 5.92 Å². The second-order valence-corrected chi connectivity index (χ2v) is 5.17. The molecule has 0 spiro atoms. The molecule has 1 nitrogen and oxygen atoms in total. The van der Waals surface area contributed by atoms with Crippen molar-refractivity contribution in [3.63, 3.8) is 0 Å². The van der Waals surface area contributed by atoms with Gasteiger partial charge in [-0.25, -0.2) is 0 Å². The fourth-order valence-electron chi connectivity index (χ4n) is 3.43. The van der Waals surface area contributed by atoms with E-state index in [4.69, 9.17) is 0 Å². The minimum Gasteiger partial charge on any atom is -0.380 e. The van der Waals surface area contributed by atoms with Gasteiger partial charge in [-0.2, -0.15) is 0 Å². The van der Waals surface area contributed by atoms with Gasteiger partial charge in [0.2, 0.25) is 0 Å². The Labute approximate surface area is 101 Å². The van der Waals surface area contributed by atoms with Gasteiger partial charge in [0, 0.05) is 5.92 Å². The first-order valence-corrected chi connectivity index (χ1v) is 6.19. The highest BCUT2D eigenvalue weighted by Gasteiger charge is 2.61. The Bertz CT molecular complexity index is 575. The van der Waals surface area contributed by atoms with E-state index in [9.17, 15) is 5.11 Å². The van der Waals surface area contributed by atoms with E-state index in [2.05, 4.69) is 18.2 Å². The Morgan fingerprint density at radius 1 is 0.941 bits per heavy atom. The highest BCUT2D eigenvalue weighted by Crippen LogP contribution is 2.66. The molecule has 0 saturated heterocycles. The van der Waals surface area contributed by atoms with Crippen LogP contribution in [-0.2, 0) is 5.60 Å². The van der Waals surface area contributed by atoms with Gasteiger partial charge in [-0.1, -0.05) is 54.6 Å². The highest BCUT2D eigenvalue weighted by atomic mass is 16.3. The molecule has 3 atom stereocenters. The second-order valence-electron chi connectivity index (χ2n) is 5.17. The van der Waals surface area contributed by atoms with Crippen LogP contribution in [0.5, 0.6) is 0 Å². The quantitative estimate of drug-likeness (QED) is 0.786. The maximum Gasteiger partial charge on any atom is 0.118 e. The summed E-state index contributed by atoms with van der Waals surface area (Å²) in [6.07, 6.45) is 1.13. The van der Waals surface area contributed by atoms with Crippen molar-refractivity contribution in [1.82, 2.24) is 0 Å². The summed E-state index contributed by atoms with van der Waals surface area (Å²) in [7, 11) is 0. The fraction of sp³-hybridized carbons (Fsp3) is 0.250. The predicted octanol–water partition coefficient (Wildman–Crippen LogP) is 3.04. The van der Waals surface area contributed by atoms with Crippen LogP contribution in [0.25, 0.3) is 0 Å². The molecule has 2 aromatic rings. The molecular formula is C16H14O. The minimum atomic E-state index is -0.747. The Kier molecular flexibility index (Phi) is 1.66. The number of rotatable bonds is 1. The van der Waals surface area contributed by atoms with E-state index in [0.717, 1.165) is 17.5 Å². The number of aliphatic hydroxyl groups is 1. The molecule has 1 saturated carbocycles. The standard InChI is InChI=1S/C16H14O/c17-16(11-6-2-1-3-7-11)14-9-5-4-8-12(14)13-10-15(13)16/h1-9,13,15,17H,10H2/t13-,15-,16+/m0/s1. The van der Waals surface area contributed by atoms with Gasteiger partial charge in [0.25, 0.3) is 0 Å². The summed E-state index contributed by atoms with van der Waals surface area (Å²) in [6.45, 7) is 0. The van der Waals surface area contributed by atoms with Crippen molar-refractivity contribution in [3.05, 3.63) is 71.3 Å². The Hall–Kier alpha value is -1.60. The van der Waals surface area contributed by atoms with E-state index < -0.39 is 5.60 Å². The highest BCUT2D eigenvalue weighted by molar-refractivity contribution is 5.53. The molecule has 2 aromatic carbocycles. The van der Waals surface area contributed by atoms with Crippen molar-refractivity contribution in [1.29, 1.82) is 0 Å². The molecule has 0 unspecified atom stereocenters. The van der Waals surface area contributed by atoms with Crippen LogP contribution < -0.4 is 0 Å². The van der Waals surface area contributed by atoms with E-state index in [-0.39, 0.29) is 0 Å². The summed E-state index contributed by atoms with van der Waals surface area (Å²) < 4.78 is 0. The average molecular weight is 222 g/mol. The molecule has 0 aromatic heterocycles. The third-order valence-electron chi connectivity index (χ3n) is 4.31. The maximum atomic E-state index is 11.1. The van der Waals surface area contributed by atoms with Gasteiger partial charge in [0.1, 0.15) is 5.60 Å². The minimum absolute atomic E-state index is 0.391. The van der Waals surface area contributed by atoms with E-state index in [1.807, 2.05) is 36.4 Å². The first-order chi connectivity index (χ1) is 8.32. The molecule has 4 rings (SSSR count). The summed E-state index contributed by atoms with van der Waals surface area (Å²) in [6, 6.07) is 18.4.